The number of anilines is 1. The van der Waals surface area contributed by atoms with Crippen LogP contribution in [0.4, 0.5) is 5.82 Å². The Morgan fingerprint density at radius 1 is 1.06 bits per heavy atom. The predicted octanol–water partition coefficient (Wildman–Crippen LogP) is 1.44. The SMILES string of the molecule is Nc1n[nH]c(-c2ccn[nH]2)c1-c1ccccn1. The van der Waals surface area contributed by atoms with E-state index in [0.29, 0.717) is 5.82 Å². The minimum atomic E-state index is 0.424. The molecule has 0 radical (unpaired) electrons. The van der Waals surface area contributed by atoms with Crippen molar-refractivity contribution in [1.29, 1.82) is 0 Å². The Morgan fingerprint density at radius 3 is 2.71 bits per heavy atom. The third-order valence-electron chi connectivity index (χ3n) is 2.49. The van der Waals surface area contributed by atoms with E-state index in [4.69, 9.17) is 5.73 Å². The lowest BCUT2D eigenvalue weighted by molar-refractivity contribution is 1.06. The number of H-pyrrole nitrogens is 2. The van der Waals surface area contributed by atoms with Gasteiger partial charge < -0.3 is 5.73 Å². The largest absolute Gasteiger partial charge is 0.382 e. The smallest absolute Gasteiger partial charge is 0.155 e. The molecule has 0 fully saturated rings. The Kier molecular flexibility index (Phi) is 2.11. The van der Waals surface area contributed by atoms with Crippen molar-refractivity contribution in [3.63, 3.8) is 0 Å². The fourth-order valence-electron chi connectivity index (χ4n) is 1.72. The fraction of sp³-hybridized carbons (Fsp3) is 0. The molecule has 0 aliphatic carbocycles. The normalized spacial score (nSPS) is 10.6. The van der Waals surface area contributed by atoms with Crippen LogP contribution in [0.1, 0.15) is 0 Å². The van der Waals surface area contributed by atoms with Crippen LogP contribution in [0.25, 0.3) is 22.6 Å². The number of aromatic amines is 2. The van der Waals surface area contributed by atoms with E-state index < -0.39 is 0 Å². The highest BCUT2D eigenvalue weighted by molar-refractivity contribution is 5.84. The summed E-state index contributed by atoms with van der Waals surface area (Å²) >= 11 is 0. The molecule has 4 N–H and O–H groups in total. The van der Waals surface area contributed by atoms with Crippen molar-refractivity contribution in [3.8, 4) is 22.6 Å². The van der Waals surface area contributed by atoms with E-state index in [-0.39, 0.29) is 0 Å². The first-order chi connectivity index (χ1) is 8.36. The van der Waals surface area contributed by atoms with Crippen LogP contribution in [0, 0.1) is 0 Å². The number of hydrogen-bond donors (Lipinski definition) is 3. The molecule has 6 nitrogen and oxygen atoms in total. The maximum Gasteiger partial charge on any atom is 0.155 e. The van der Waals surface area contributed by atoms with Gasteiger partial charge in [0.2, 0.25) is 0 Å². The van der Waals surface area contributed by atoms with E-state index >= 15 is 0 Å². The van der Waals surface area contributed by atoms with E-state index in [2.05, 4.69) is 25.4 Å². The molecule has 0 saturated carbocycles. The summed E-state index contributed by atoms with van der Waals surface area (Å²) in [7, 11) is 0. The second-order valence-corrected chi connectivity index (χ2v) is 3.54. The van der Waals surface area contributed by atoms with Crippen molar-refractivity contribution in [2.24, 2.45) is 0 Å². The monoisotopic (exact) mass is 226 g/mol. The van der Waals surface area contributed by atoms with Gasteiger partial charge in [0.25, 0.3) is 0 Å². The minimum absolute atomic E-state index is 0.424. The molecule has 0 saturated heterocycles. The van der Waals surface area contributed by atoms with Crippen LogP contribution in [0.2, 0.25) is 0 Å². The lowest BCUT2D eigenvalue weighted by atomic mass is 10.1. The molecular formula is C11H10N6. The molecule has 3 rings (SSSR count). The maximum absolute atomic E-state index is 5.86. The third-order valence-corrected chi connectivity index (χ3v) is 2.49. The van der Waals surface area contributed by atoms with Crippen molar-refractivity contribution in [2.45, 2.75) is 0 Å². The van der Waals surface area contributed by atoms with Gasteiger partial charge in [0.05, 0.1) is 22.6 Å². The van der Waals surface area contributed by atoms with Gasteiger partial charge in [0.15, 0.2) is 5.82 Å². The summed E-state index contributed by atoms with van der Waals surface area (Å²) < 4.78 is 0. The average Bonchev–Trinajstić information content (AvgIpc) is 2.98. The van der Waals surface area contributed by atoms with Gasteiger partial charge >= 0.3 is 0 Å². The molecule has 3 heterocycles. The first-order valence-electron chi connectivity index (χ1n) is 5.11. The second kappa shape index (κ2) is 3.75. The highest BCUT2D eigenvalue weighted by Crippen LogP contribution is 2.31. The molecule has 6 heteroatoms. The molecule has 0 amide bonds. The van der Waals surface area contributed by atoms with Crippen LogP contribution in [0.5, 0.6) is 0 Å². The third kappa shape index (κ3) is 1.55. The molecule has 0 atom stereocenters. The molecule has 0 bridgehead atoms. The van der Waals surface area contributed by atoms with Crippen LogP contribution < -0.4 is 5.73 Å². The summed E-state index contributed by atoms with van der Waals surface area (Å²) in [6.45, 7) is 0. The standard InChI is InChI=1S/C11H10N6/c12-11-9(7-3-1-2-5-13-7)10(16-17-11)8-4-6-14-15-8/h1-6H,(H,14,15)(H3,12,16,17). The molecule has 0 unspecified atom stereocenters. The summed E-state index contributed by atoms with van der Waals surface area (Å²) in [5.41, 5.74) is 9.05. The Hall–Kier alpha value is -2.63. The summed E-state index contributed by atoms with van der Waals surface area (Å²) in [4.78, 5) is 4.28. The molecule has 0 aromatic carbocycles. The van der Waals surface area contributed by atoms with Crippen LogP contribution >= 0.6 is 0 Å². The first-order valence-corrected chi connectivity index (χ1v) is 5.11. The van der Waals surface area contributed by atoms with Crippen LogP contribution in [0.3, 0.4) is 0 Å². The molecule has 3 aromatic heterocycles. The maximum atomic E-state index is 5.86. The molecular weight excluding hydrogens is 216 g/mol. The van der Waals surface area contributed by atoms with Crippen molar-refractivity contribution < 1.29 is 0 Å². The van der Waals surface area contributed by atoms with E-state index in [1.165, 1.54) is 0 Å². The number of hydrogen-bond acceptors (Lipinski definition) is 4. The first kappa shape index (κ1) is 9.59. The fourth-order valence-corrected chi connectivity index (χ4v) is 1.72. The lowest BCUT2D eigenvalue weighted by Gasteiger charge is -2.01. The van der Waals surface area contributed by atoms with Crippen LogP contribution in [-0.2, 0) is 0 Å². The Morgan fingerprint density at radius 2 is 2.00 bits per heavy atom. The second-order valence-electron chi connectivity index (χ2n) is 3.54. The molecule has 84 valence electrons. The zero-order valence-electron chi connectivity index (χ0n) is 8.88. The van der Waals surface area contributed by atoms with Gasteiger partial charge in [-0.1, -0.05) is 6.07 Å². The molecule has 17 heavy (non-hydrogen) atoms. The zero-order valence-corrected chi connectivity index (χ0v) is 8.88. The predicted molar refractivity (Wildman–Crippen MR) is 63.8 cm³/mol. The van der Waals surface area contributed by atoms with Gasteiger partial charge in [0.1, 0.15) is 0 Å². The van der Waals surface area contributed by atoms with Gasteiger partial charge in [-0.3, -0.25) is 15.2 Å². The van der Waals surface area contributed by atoms with Crippen molar-refractivity contribution >= 4 is 5.82 Å². The van der Waals surface area contributed by atoms with E-state index in [0.717, 1.165) is 22.6 Å². The van der Waals surface area contributed by atoms with Crippen LogP contribution in [-0.4, -0.2) is 25.4 Å². The molecule has 3 aromatic rings. The zero-order chi connectivity index (χ0) is 11.7. The van der Waals surface area contributed by atoms with E-state index in [1.54, 1.807) is 12.4 Å². The summed E-state index contributed by atoms with van der Waals surface area (Å²) in [5.74, 6) is 0.424. The van der Waals surface area contributed by atoms with E-state index in [1.807, 2.05) is 24.3 Å². The molecule has 0 aliphatic rings. The highest BCUT2D eigenvalue weighted by atomic mass is 15.2. The summed E-state index contributed by atoms with van der Waals surface area (Å²) in [6.07, 6.45) is 3.40. The van der Waals surface area contributed by atoms with Gasteiger partial charge in [-0.2, -0.15) is 10.2 Å². The van der Waals surface area contributed by atoms with Gasteiger partial charge in [-0.05, 0) is 18.2 Å². The number of nitrogen functional groups attached to an aromatic ring is 1. The van der Waals surface area contributed by atoms with Gasteiger partial charge in [-0.15, -0.1) is 0 Å². The quantitative estimate of drug-likeness (QED) is 0.616. The number of nitrogens with zero attached hydrogens (tertiary/aromatic N) is 3. The van der Waals surface area contributed by atoms with Gasteiger partial charge in [0, 0.05) is 12.4 Å². The number of aromatic nitrogens is 5. The Labute approximate surface area is 96.9 Å². The average molecular weight is 226 g/mol. The number of nitrogens with two attached hydrogens (primary N) is 1. The minimum Gasteiger partial charge on any atom is -0.382 e. The Bertz CT molecular complexity index is 611. The number of pyridine rings is 1. The lowest BCUT2D eigenvalue weighted by Crippen LogP contribution is -1.90. The van der Waals surface area contributed by atoms with Crippen molar-refractivity contribution in [1.82, 2.24) is 25.4 Å². The van der Waals surface area contributed by atoms with E-state index in [9.17, 15) is 0 Å². The number of rotatable bonds is 2. The molecule has 0 spiro atoms. The molecule has 0 aliphatic heterocycles. The number of nitrogens with one attached hydrogen (secondary N) is 2. The van der Waals surface area contributed by atoms with Gasteiger partial charge in [-0.25, -0.2) is 0 Å². The van der Waals surface area contributed by atoms with Crippen molar-refractivity contribution in [3.05, 3.63) is 36.7 Å². The highest BCUT2D eigenvalue weighted by Gasteiger charge is 2.16. The summed E-state index contributed by atoms with van der Waals surface area (Å²) in [5, 5.41) is 13.7. The van der Waals surface area contributed by atoms with Crippen LogP contribution in [0.15, 0.2) is 36.7 Å². The van der Waals surface area contributed by atoms with Crippen molar-refractivity contribution in [2.75, 3.05) is 5.73 Å². The summed E-state index contributed by atoms with van der Waals surface area (Å²) in [6, 6.07) is 7.50. The topological polar surface area (TPSA) is 96.3 Å². The Balaban J connectivity index is 2.20.